The van der Waals surface area contributed by atoms with E-state index in [1.54, 1.807) is 22.8 Å². The van der Waals surface area contributed by atoms with Crippen LogP contribution in [0.5, 0.6) is 0 Å². The minimum absolute atomic E-state index is 0.00221. The number of carbonyl (C=O) groups excluding carboxylic acids is 1. The number of ether oxygens (including phenoxy) is 1. The minimum Gasteiger partial charge on any atom is -0.462 e. The van der Waals surface area contributed by atoms with Crippen molar-refractivity contribution in [2.45, 2.75) is 38.8 Å². The number of aromatic nitrogens is 2. The highest BCUT2D eigenvalue weighted by molar-refractivity contribution is 5.94. The fourth-order valence-electron chi connectivity index (χ4n) is 4.42. The number of anilines is 1. The van der Waals surface area contributed by atoms with Crippen molar-refractivity contribution >= 4 is 22.6 Å². The predicted octanol–water partition coefficient (Wildman–Crippen LogP) is 5.05. The summed E-state index contributed by atoms with van der Waals surface area (Å²) < 4.78 is 7.35. The third-order valence-electron chi connectivity index (χ3n) is 6.29. The van der Waals surface area contributed by atoms with E-state index in [4.69, 9.17) is 4.74 Å². The fourth-order valence-corrected chi connectivity index (χ4v) is 4.42. The predicted molar refractivity (Wildman–Crippen MR) is 133 cm³/mol. The molecule has 0 aliphatic carbocycles. The molecule has 2 heterocycles. The second-order valence-electron chi connectivity index (χ2n) is 8.72. The highest BCUT2D eigenvalue weighted by Crippen LogP contribution is 2.23. The summed E-state index contributed by atoms with van der Waals surface area (Å²) in [6, 6.07) is 23.4. The molecule has 6 heteroatoms. The van der Waals surface area contributed by atoms with Gasteiger partial charge in [0.2, 0.25) is 0 Å². The maximum atomic E-state index is 12.8. The van der Waals surface area contributed by atoms with Crippen molar-refractivity contribution in [3.05, 3.63) is 106 Å². The van der Waals surface area contributed by atoms with Crippen molar-refractivity contribution in [3.63, 3.8) is 0 Å². The van der Waals surface area contributed by atoms with E-state index in [1.807, 2.05) is 18.2 Å². The molecule has 34 heavy (non-hydrogen) atoms. The summed E-state index contributed by atoms with van der Waals surface area (Å²) in [5, 5.41) is 4.09. The Hall–Kier alpha value is -3.93. The molecule has 1 aliphatic rings. The topological polar surface area (TPSA) is 73.2 Å². The number of esters is 1. The van der Waals surface area contributed by atoms with E-state index in [0.717, 1.165) is 29.9 Å². The molecule has 0 saturated heterocycles. The van der Waals surface area contributed by atoms with Crippen LogP contribution in [0.25, 0.3) is 10.9 Å². The Morgan fingerprint density at radius 3 is 2.68 bits per heavy atom. The number of carbonyl (C=O) groups is 1. The third kappa shape index (κ3) is 4.57. The quantitative estimate of drug-likeness (QED) is 0.397. The van der Waals surface area contributed by atoms with Crippen molar-refractivity contribution in [2.75, 3.05) is 11.9 Å². The van der Waals surface area contributed by atoms with Crippen LogP contribution in [0.2, 0.25) is 0 Å². The molecule has 1 aromatic heterocycles. The molecule has 1 aliphatic heterocycles. The van der Waals surface area contributed by atoms with Gasteiger partial charge in [-0.15, -0.1) is 0 Å². The molecule has 1 atom stereocenters. The average molecular weight is 454 g/mol. The second-order valence-corrected chi connectivity index (χ2v) is 8.72. The van der Waals surface area contributed by atoms with Crippen LogP contribution >= 0.6 is 0 Å². The average Bonchev–Trinajstić information content (AvgIpc) is 3.34. The van der Waals surface area contributed by atoms with Crippen molar-refractivity contribution in [1.29, 1.82) is 0 Å². The second kappa shape index (κ2) is 9.51. The lowest BCUT2D eigenvalue weighted by Crippen LogP contribution is -2.21. The van der Waals surface area contributed by atoms with E-state index in [1.165, 1.54) is 5.56 Å². The van der Waals surface area contributed by atoms with E-state index in [-0.39, 0.29) is 18.2 Å². The van der Waals surface area contributed by atoms with Gasteiger partial charge < -0.3 is 10.1 Å². The van der Waals surface area contributed by atoms with E-state index in [9.17, 15) is 9.59 Å². The fraction of sp³-hybridized carbons (Fsp3) is 0.250. The van der Waals surface area contributed by atoms with Gasteiger partial charge >= 0.3 is 5.97 Å². The van der Waals surface area contributed by atoms with Crippen LogP contribution in [0.1, 0.15) is 46.2 Å². The van der Waals surface area contributed by atoms with Gasteiger partial charge in [0, 0.05) is 25.1 Å². The largest absolute Gasteiger partial charge is 0.462 e. The van der Waals surface area contributed by atoms with Gasteiger partial charge in [-0.3, -0.25) is 9.36 Å². The first kappa shape index (κ1) is 21.9. The van der Waals surface area contributed by atoms with Crippen LogP contribution in [0.15, 0.2) is 77.6 Å². The molecule has 1 N–H and O–H groups in total. The van der Waals surface area contributed by atoms with E-state index in [2.05, 4.69) is 53.6 Å². The van der Waals surface area contributed by atoms with Crippen LogP contribution < -0.4 is 10.9 Å². The molecular formula is C28H27N3O3. The monoisotopic (exact) mass is 453 g/mol. The zero-order chi connectivity index (χ0) is 23.5. The van der Waals surface area contributed by atoms with Gasteiger partial charge in [0.1, 0.15) is 5.82 Å². The number of hydrogen-bond donors (Lipinski definition) is 1. The van der Waals surface area contributed by atoms with E-state index >= 15 is 0 Å². The zero-order valence-corrected chi connectivity index (χ0v) is 19.2. The van der Waals surface area contributed by atoms with Gasteiger partial charge in [-0.1, -0.05) is 48.0 Å². The first-order chi connectivity index (χ1) is 16.6. The molecule has 0 unspecified atom stereocenters. The first-order valence-corrected chi connectivity index (χ1v) is 11.7. The zero-order valence-electron chi connectivity index (χ0n) is 19.2. The lowest BCUT2D eigenvalue weighted by Gasteiger charge is -2.20. The molecule has 3 aromatic carbocycles. The Balaban J connectivity index is 1.28. The van der Waals surface area contributed by atoms with Gasteiger partial charge in [0.05, 0.1) is 29.1 Å². The number of benzene rings is 3. The highest BCUT2D eigenvalue weighted by atomic mass is 16.5. The Morgan fingerprint density at radius 2 is 1.88 bits per heavy atom. The van der Waals surface area contributed by atoms with Crippen LogP contribution in [-0.2, 0) is 17.7 Å². The number of nitrogens with one attached hydrogen (secondary N) is 1. The molecular weight excluding hydrogens is 426 g/mol. The summed E-state index contributed by atoms with van der Waals surface area (Å²) in [6.07, 6.45) is 2.33. The maximum Gasteiger partial charge on any atom is 0.338 e. The van der Waals surface area contributed by atoms with Crippen molar-refractivity contribution in [1.82, 2.24) is 9.55 Å². The van der Waals surface area contributed by atoms with E-state index < -0.39 is 5.97 Å². The Kier molecular flexibility index (Phi) is 6.12. The van der Waals surface area contributed by atoms with Crippen molar-refractivity contribution in [3.8, 4) is 0 Å². The minimum atomic E-state index is -0.411. The van der Waals surface area contributed by atoms with Crippen LogP contribution in [0.3, 0.4) is 0 Å². The van der Waals surface area contributed by atoms with Gasteiger partial charge in [-0.2, -0.15) is 0 Å². The van der Waals surface area contributed by atoms with Crippen LogP contribution in [0, 0.1) is 6.92 Å². The van der Waals surface area contributed by atoms with Gasteiger partial charge in [0.15, 0.2) is 0 Å². The SMILES string of the molecule is Cc1ccc(N[C@H](CCOC(=O)c2ccc3c(=O)n4c(nc3c2)CCC4)c2ccccc2)cc1. The van der Waals surface area contributed by atoms with E-state index in [0.29, 0.717) is 29.4 Å². The Labute approximate surface area is 198 Å². The number of fused-ring (bicyclic) bond motifs is 2. The number of aryl methyl sites for hydroxylation is 2. The van der Waals surface area contributed by atoms with Gasteiger partial charge in [-0.05, 0) is 49.2 Å². The molecule has 0 saturated carbocycles. The normalized spacial score (nSPS) is 13.4. The molecule has 0 bridgehead atoms. The molecule has 0 spiro atoms. The van der Waals surface area contributed by atoms with Gasteiger partial charge in [-0.25, -0.2) is 9.78 Å². The lowest BCUT2D eigenvalue weighted by atomic mass is 10.0. The number of hydrogen-bond acceptors (Lipinski definition) is 5. The lowest BCUT2D eigenvalue weighted by molar-refractivity contribution is 0.0495. The van der Waals surface area contributed by atoms with Gasteiger partial charge in [0.25, 0.3) is 5.56 Å². The Bertz CT molecular complexity index is 1380. The molecule has 0 radical (unpaired) electrons. The molecule has 5 rings (SSSR count). The first-order valence-electron chi connectivity index (χ1n) is 11.7. The molecule has 6 nitrogen and oxygen atoms in total. The van der Waals surface area contributed by atoms with Crippen LogP contribution in [0.4, 0.5) is 5.69 Å². The van der Waals surface area contributed by atoms with Crippen molar-refractivity contribution < 1.29 is 9.53 Å². The summed E-state index contributed by atoms with van der Waals surface area (Å²) in [5.41, 5.74) is 4.27. The molecule has 172 valence electrons. The number of rotatable bonds is 7. The van der Waals surface area contributed by atoms with Crippen molar-refractivity contribution in [2.24, 2.45) is 0 Å². The summed E-state index contributed by atoms with van der Waals surface area (Å²) in [5.74, 6) is 0.377. The summed E-state index contributed by atoms with van der Waals surface area (Å²) in [6.45, 7) is 3.03. The summed E-state index contributed by atoms with van der Waals surface area (Å²) in [7, 11) is 0. The molecule has 4 aromatic rings. The third-order valence-corrected chi connectivity index (χ3v) is 6.29. The maximum absolute atomic E-state index is 12.8. The summed E-state index contributed by atoms with van der Waals surface area (Å²) >= 11 is 0. The summed E-state index contributed by atoms with van der Waals surface area (Å²) in [4.78, 5) is 30.0. The highest BCUT2D eigenvalue weighted by Gasteiger charge is 2.18. The molecule has 0 fully saturated rings. The van der Waals surface area contributed by atoms with Crippen LogP contribution in [-0.4, -0.2) is 22.1 Å². The standard InChI is InChI=1S/C28H27N3O3/c1-19-9-12-22(13-10-19)29-24(20-6-3-2-4-7-20)15-17-34-28(33)21-11-14-23-25(18-21)30-26-8-5-16-31(26)27(23)32/h2-4,6-7,9-14,18,24,29H,5,8,15-17H2,1H3/t24-/m1/s1. The Morgan fingerprint density at radius 1 is 1.09 bits per heavy atom. The molecule has 0 amide bonds. The smallest absolute Gasteiger partial charge is 0.338 e. The number of nitrogens with zero attached hydrogens (tertiary/aromatic N) is 2.